The molecule has 0 bridgehead atoms. The molecule has 1 aliphatic rings. The van der Waals surface area contributed by atoms with Gasteiger partial charge < -0.3 is 15.1 Å². The minimum Gasteiger partial charge on any atom is -0.336 e. The molecule has 38 heavy (non-hydrogen) atoms. The minimum atomic E-state index is -4.29. The molecule has 3 aromatic rings. The molecule has 13 heteroatoms. The van der Waals surface area contributed by atoms with Gasteiger partial charge in [0.25, 0.3) is 23.4 Å². The van der Waals surface area contributed by atoms with Gasteiger partial charge in [0.1, 0.15) is 0 Å². The molecule has 0 unspecified atom stereocenters. The molecule has 2 heterocycles. The van der Waals surface area contributed by atoms with Gasteiger partial charge in [-0.1, -0.05) is 23.8 Å². The van der Waals surface area contributed by atoms with E-state index >= 15 is 0 Å². The van der Waals surface area contributed by atoms with Gasteiger partial charge in [-0.25, -0.2) is 8.42 Å². The fourth-order valence-corrected chi connectivity index (χ4v) is 6.03. The third kappa shape index (κ3) is 5.73. The Morgan fingerprint density at radius 3 is 2.11 bits per heavy atom. The molecule has 0 saturated carbocycles. The molecule has 2 aromatic carbocycles. The summed E-state index contributed by atoms with van der Waals surface area (Å²) in [6.45, 7) is 2.14. The normalized spacial score (nSPS) is 14.6. The summed E-state index contributed by atoms with van der Waals surface area (Å²) in [5, 5.41) is 13.1. The summed E-state index contributed by atoms with van der Waals surface area (Å²) < 4.78 is 27.0. The van der Waals surface area contributed by atoms with Crippen molar-refractivity contribution in [3.8, 4) is 0 Å². The number of non-ortho nitro benzene ring substituents is 1. The van der Waals surface area contributed by atoms with E-state index in [4.69, 9.17) is 0 Å². The van der Waals surface area contributed by atoms with Gasteiger partial charge in [0.15, 0.2) is 0 Å². The molecular formula is C25H24N4O7S2. The van der Waals surface area contributed by atoms with Crippen LogP contribution in [-0.2, 0) is 14.6 Å². The Balaban J connectivity index is 1.51. The van der Waals surface area contributed by atoms with Crippen LogP contribution in [0, 0.1) is 17.0 Å². The van der Waals surface area contributed by atoms with Crippen molar-refractivity contribution in [2.75, 3.05) is 26.2 Å². The molecule has 3 amide bonds. The first-order valence-electron chi connectivity index (χ1n) is 11.6. The van der Waals surface area contributed by atoms with Crippen LogP contribution in [-0.4, -0.2) is 72.4 Å². The smallest absolute Gasteiger partial charge is 0.269 e. The first-order valence-corrected chi connectivity index (χ1v) is 14.0. The lowest BCUT2D eigenvalue weighted by Gasteiger charge is -2.36. The highest BCUT2D eigenvalue weighted by molar-refractivity contribution is 7.92. The van der Waals surface area contributed by atoms with E-state index in [1.807, 2.05) is 0 Å². The number of nitro benzene ring substituents is 1. The fourth-order valence-electron chi connectivity index (χ4n) is 3.94. The molecular weight excluding hydrogens is 532 g/mol. The number of piperazine rings is 1. The summed E-state index contributed by atoms with van der Waals surface area (Å²) in [6, 6.07) is 14.4. The van der Waals surface area contributed by atoms with Crippen LogP contribution < -0.4 is 5.32 Å². The number of amides is 3. The SMILES string of the molecule is Cc1ccc(S(=O)(=O)[C@@H](NC(=O)c2cccs2)C(=O)N2CCN(C(=O)c3ccc([N+](=O)[O-])cc3)CC2)cc1. The zero-order valence-electron chi connectivity index (χ0n) is 20.3. The Morgan fingerprint density at radius 1 is 0.947 bits per heavy atom. The largest absolute Gasteiger partial charge is 0.336 e. The van der Waals surface area contributed by atoms with E-state index in [1.54, 1.807) is 30.5 Å². The molecule has 0 aliphatic carbocycles. The molecule has 1 aromatic heterocycles. The van der Waals surface area contributed by atoms with E-state index in [9.17, 15) is 32.9 Å². The van der Waals surface area contributed by atoms with Crippen molar-refractivity contribution < 1.29 is 27.7 Å². The Bertz CT molecular complexity index is 1450. The van der Waals surface area contributed by atoms with Crippen molar-refractivity contribution in [1.82, 2.24) is 15.1 Å². The number of nitrogens with zero attached hydrogens (tertiary/aromatic N) is 3. The Kier molecular flexibility index (Phi) is 7.88. The van der Waals surface area contributed by atoms with Crippen LogP contribution >= 0.6 is 11.3 Å². The number of hydrogen-bond donors (Lipinski definition) is 1. The predicted octanol–water partition coefficient (Wildman–Crippen LogP) is 2.48. The monoisotopic (exact) mass is 556 g/mol. The number of rotatable bonds is 7. The maximum Gasteiger partial charge on any atom is 0.269 e. The average molecular weight is 557 g/mol. The summed E-state index contributed by atoms with van der Waals surface area (Å²) in [4.78, 5) is 52.4. The number of nitro groups is 1. The summed E-state index contributed by atoms with van der Waals surface area (Å²) in [6.07, 6.45) is 0. The van der Waals surface area contributed by atoms with Gasteiger partial charge in [-0.3, -0.25) is 24.5 Å². The lowest BCUT2D eigenvalue weighted by atomic mass is 10.1. The number of nitrogens with one attached hydrogen (secondary N) is 1. The van der Waals surface area contributed by atoms with Gasteiger partial charge >= 0.3 is 0 Å². The second kappa shape index (κ2) is 11.1. The van der Waals surface area contributed by atoms with Crippen LogP contribution in [0.5, 0.6) is 0 Å². The topological polar surface area (TPSA) is 147 Å². The highest BCUT2D eigenvalue weighted by Gasteiger charge is 2.39. The number of carbonyl (C=O) groups is 3. The van der Waals surface area contributed by atoms with Crippen molar-refractivity contribution in [2.24, 2.45) is 0 Å². The zero-order chi connectivity index (χ0) is 27.4. The van der Waals surface area contributed by atoms with Crippen LogP contribution in [0.3, 0.4) is 0 Å². The van der Waals surface area contributed by atoms with Gasteiger partial charge in [-0.05, 0) is 42.6 Å². The number of hydrogen-bond acceptors (Lipinski definition) is 8. The summed E-state index contributed by atoms with van der Waals surface area (Å²) in [5.41, 5.74) is 0.962. The third-order valence-electron chi connectivity index (χ3n) is 6.09. The van der Waals surface area contributed by atoms with Gasteiger partial charge in [0.05, 0.1) is 14.7 Å². The summed E-state index contributed by atoms with van der Waals surface area (Å²) in [5.74, 6) is -1.83. The van der Waals surface area contributed by atoms with E-state index in [2.05, 4.69) is 5.32 Å². The van der Waals surface area contributed by atoms with Gasteiger partial charge in [0, 0.05) is 43.9 Å². The van der Waals surface area contributed by atoms with Crippen LogP contribution in [0.4, 0.5) is 5.69 Å². The summed E-state index contributed by atoms with van der Waals surface area (Å²) >= 11 is 1.12. The fraction of sp³-hybridized carbons (Fsp3) is 0.240. The Morgan fingerprint density at radius 2 is 1.55 bits per heavy atom. The van der Waals surface area contributed by atoms with Crippen molar-refractivity contribution >= 4 is 44.6 Å². The van der Waals surface area contributed by atoms with Crippen molar-refractivity contribution in [3.63, 3.8) is 0 Å². The van der Waals surface area contributed by atoms with E-state index in [0.717, 1.165) is 16.9 Å². The molecule has 11 nitrogen and oxygen atoms in total. The Hall–Kier alpha value is -4.10. The molecule has 1 saturated heterocycles. The second-order valence-corrected chi connectivity index (χ2v) is 11.6. The number of thiophene rings is 1. The van der Waals surface area contributed by atoms with Crippen molar-refractivity contribution in [1.29, 1.82) is 0 Å². The maximum absolute atomic E-state index is 13.5. The first-order chi connectivity index (χ1) is 18.1. The molecule has 1 aliphatic heterocycles. The lowest BCUT2D eigenvalue weighted by Crippen LogP contribution is -2.57. The van der Waals surface area contributed by atoms with Crippen LogP contribution in [0.15, 0.2) is 70.9 Å². The number of benzene rings is 2. The predicted molar refractivity (Wildman–Crippen MR) is 140 cm³/mol. The molecule has 1 N–H and O–H groups in total. The van der Waals surface area contributed by atoms with E-state index < -0.39 is 31.9 Å². The van der Waals surface area contributed by atoms with E-state index in [1.165, 1.54) is 52.3 Å². The molecule has 1 fully saturated rings. The lowest BCUT2D eigenvalue weighted by molar-refractivity contribution is -0.384. The number of aryl methyl sites for hydroxylation is 1. The highest BCUT2D eigenvalue weighted by atomic mass is 32.2. The Labute approximate surface area is 222 Å². The van der Waals surface area contributed by atoms with E-state index in [0.29, 0.717) is 0 Å². The first kappa shape index (κ1) is 26.9. The van der Waals surface area contributed by atoms with Crippen molar-refractivity contribution in [3.05, 3.63) is 92.2 Å². The molecule has 0 spiro atoms. The van der Waals surface area contributed by atoms with Gasteiger partial charge in [0.2, 0.25) is 15.2 Å². The van der Waals surface area contributed by atoms with Crippen LogP contribution in [0.2, 0.25) is 0 Å². The maximum atomic E-state index is 13.5. The average Bonchev–Trinajstić information content (AvgIpc) is 3.46. The van der Waals surface area contributed by atoms with E-state index in [-0.39, 0.29) is 53.1 Å². The number of sulfone groups is 1. The third-order valence-corrected chi connectivity index (χ3v) is 8.83. The minimum absolute atomic E-state index is 0.0480. The molecule has 198 valence electrons. The highest BCUT2D eigenvalue weighted by Crippen LogP contribution is 2.20. The second-order valence-electron chi connectivity index (χ2n) is 8.61. The summed E-state index contributed by atoms with van der Waals surface area (Å²) in [7, 11) is -4.29. The molecule has 1 atom stereocenters. The van der Waals surface area contributed by atoms with Gasteiger partial charge in [-0.2, -0.15) is 0 Å². The van der Waals surface area contributed by atoms with Crippen LogP contribution in [0.1, 0.15) is 25.6 Å². The van der Waals surface area contributed by atoms with Crippen LogP contribution in [0.25, 0.3) is 0 Å². The number of carbonyl (C=O) groups excluding carboxylic acids is 3. The quantitative estimate of drug-likeness (QED) is 0.347. The van der Waals surface area contributed by atoms with Crippen molar-refractivity contribution in [2.45, 2.75) is 17.2 Å². The van der Waals surface area contributed by atoms with Gasteiger partial charge in [-0.15, -0.1) is 11.3 Å². The molecule has 0 radical (unpaired) electrons. The molecule has 4 rings (SSSR count). The zero-order valence-corrected chi connectivity index (χ0v) is 21.9. The standard InChI is InChI=1S/C25H24N4O7S2/c1-17-4-10-20(11-5-17)38(35,36)23(26-22(30)21-3-2-16-37-21)25(32)28-14-12-27(13-15-28)24(31)18-6-8-19(9-7-18)29(33)34/h2-11,16,23H,12-15H2,1H3,(H,26,30)/t23-/m1/s1.